The second kappa shape index (κ2) is 14.7. The second-order valence-electron chi connectivity index (χ2n) is 7.18. The zero-order chi connectivity index (χ0) is 23.0. The summed E-state index contributed by atoms with van der Waals surface area (Å²) in [6.07, 6.45) is 8.54. The Morgan fingerprint density at radius 2 is 1.94 bits per heavy atom. The SMILES string of the molecule is COc1ccc(C=CCCCCOc2ccc(C#CCCCO)nc2CCC(=O)O)cc1. The van der Waals surface area contributed by atoms with Crippen molar-refractivity contribution < 1.29 is 24.5 Å². The lowest BCUT2D eigenvalue weighted by molar-refractivity contribution is -0.136. The number of aliphatic carboxylic acids is 1. The van der Waals surface area contributed by atoms with Crippen LogP contribution in [0.5, 0.6) is 11.5 Å². The number of carbonyl (C=O) groups is 1. The van der Waals surface area contributed by atoms with E-state index >= 15 is 0 Å². The van der Waals surface area contributed by atoms with E-state index in [4.69, 9.17) is 19.7 Å². The molecule has 0 saturated heterocycles. The van der Waals surface area contributed by atoms with Gasteiger partial charge in [-0.3, -0.25) is 4.79 Å². The van der Waals surface area contributed by atoms with Gasteiger partial charge in [0, 0.05) is 19.4 Å². The molecule has 0 aliphatic carbocycles. The lowest BCUT2D eigenvalue weighted by atomic mass is 10.1. The molecule has 2 rings (SSSR count). The van der Waals surface area contributed by atoms with Gasteiger partial charge in [0.25, 0.3) is 0 Å². The highest BCUT2D eigenvalue weighted by Crippen LogP contribution is 2.19. The zero-order valence-electron chi connectivity index (χ0n) is 18.5. The first-order chi connectivity index (χ1) is 15.6. The van der Waals surface area contributed by atoms with Crippen LogP contribution in [-0.2, 0) is 11.2 Å². The van der Waals surface area contributed by atoms with Crippen LogP contribution >= 0.6 is 0 Å². The molecule has 0 unspecified atom stereocenters. The molecule has 0 bridgehead atoms. The maximum Gasteiger partial charge on any atom is 0.303 e. The predicted molar refractivity (Wildman–Crippen MR) is 125 cm³/mol. The summed E-state index contributed by atoms with van der Waals surface area (Å²) in [6.45, 7) is 0.648. The van der Waals surface area contributed by atoms with Gasteiger partial charge in [0.2, 0.25) is 0 Å². The average Bonchev–Trinajstić information content (AvgIpc) is 2.81. The number of methoxy groups -OCH3 is 1. The molecule has 6 heteroatoms. The van der Waals surface area contributed by atoms with Crippen LogP contribution in [0.3, 0.4) is 0 Å². The summed E-state index contributed by atoms with van der Waals surface area (Å²) in [5, 5.41) is 17.8. The number of pyridine rings is 1. The number of aliphatic hydroxyl groups is 1. The van der Waals surface area contributed by atoms with Crippen molar-refractivity contribution in [3.05, 3.63) is 59.4 Å². The molecule has 6 nitrogen and oxygen atoms in total. The molecule has 0 amide bonds. The first-order valence-corrected chi connectivity index (χ1v) is 10.9. The summed E-state index contributed by atoms with van der Waals surface area (Å²) in [5.74, 6) is 6.50. The van der Waals surface area contributed by atoms with Crippen LogP contribution in [0.15, 0.2) is 42.5 Å². The van der Waals surface area contributed by atoms with Gasteiger partial charge in [0.1, 0.15) is 17.2 Å². The number of hydrogen-bond acceptors (Lipinski definition) is 5. The third-order valence-corrected chi connectivity index (χ3v) is 4.63. The molecule has 2 N–H and O–H groups in total. The molecular weight excluding hydrogens is 406 g/mol. The molecule has 0 spiro atoms. The van der Waals surface area contributed by atoms with Crippen molar-refractivity contribution in [2.24, 2.45) is 0 Å². The fraction of sp³-hybridized carbons (Fsp3) is 0.385. The Kier molecular flexibility index (Phi) is 11.4. The minimum atomic E-state index is -0.874. The van der Waals surface area contributed by atoms with Crippen LogP contribution in [0.25, 0.3) is 6.08 Å². The van der Waals surface area contributed by atoms with Crippen molar-refractivity contribution in [1.29, 1.82) is 0 Å². The summed E-state index contributed by atoms with van der Waals surface area (Å²) in [6, 6.07) is 11.5. The third-order valence-electron chi connectivity index (χ3n) is 4.63. The number of unbranched alkanes of at least 4 members (excludes halogenated alkanes) is 3. The topological polar surface area (TPSA) is 88.9 Å². The molecule has 32 heavy (non-hydrogen) atoms. The first-order valence-electron chi connectivity index (χ1n) is 10.9. The van der Waals surface area contributed by atoms with E-state index in [2.05, 4.69) is 29.0 Å². The van der Waals surface area contributed by atoms with Crippen molar-refractivity contribution in [3.63, 3.8) is 0 Å². The second-order valence-corrected chi connectivity index (χ2v) is 7.18. The highest BCUT2D eigenvalue weighted by Gasteiger charge is 2.09. The monoisotopic (exact) mass is 437 g/mol. The summed E-state index contributed by atoms with van der Waals surface area (Å²) in [4.78, 5) is 15.4. The molecule has 2 aromatic rings. The van der Waals surface area contributed by atoms with Crippen LogP contribution in [0.4, 0.5) is 0 Å². The number of nitrogens with zero attached hydrogens (tertiary/aromatic N) is 1. The van der Waals surface area contributed by atoms with Crippen molar-refractivity contribution in [1.82, 2.24) is 4.98 Å². The van der Waals surface area contributed by atoms with Gasteiger partial charge in [0.05, 0.1) is 25.8 Å². The number of rotatable bonds is 13. The number of carboxylic acids is 1. The number of aromatic nitrogens is 1. The molecule has 0 aliphatic rings. The first kappa shape index (κ1) is 25.0. The summed E-state index contributed by atoms with van der Waals surface area (Å²) < 4.78 is 11.0. The zero-order valence-corrected chi connectivity index (χ0v) is 18.5. The summed E-state index contributed by atoms with van der Waals surface area (Å²) in [7, 11) is 1.65. The van der Waals surface area contributed by atoms with Gasteiger partial charge in [-0.25, -0.2) is 4.98 Å². The lowest BCUT2D eigenvalue weighted by Gasteiger charge is -2.10. The van der Waals surface area contributed by atoms with Gasteiger partial charge in [-0.05, 0) is 61.4 Å². The maximum atomic E-state index is 11.0. The molecule has 0 radical (unpaired) electrons. The van der Waals surface area contributed by atoms with E-state index in [1.807, 2.05) is 30.3 Å². The van der Waals surface area contributed by atoms with Crippen molar-refractivity contribution in [3.8, 4) is 23.3 Å². The lowest BCUT2D eigenvalue weighted by Crippen LogP contribution is -2.05. The minimum absolute atomic E-state index is 0.0130. The van der Waals surface area contributed by atoms with Gasteiger partial charge in [0.15, 0.2) is 0 Å². The average molecular weight is 438 g/mol. The fourth-order valence-electron chi connectivity index (χ4n) is 2.90. The van der Waals surface area contributed by atoms with Gasteiger partial charge in [-0.15, -0.1) is 0 Å². The van der Waals surface area contributed by atoms with E-state index < -0.39 is 5.97 Å². The Hall–Kier alpha value is -3.30. The van der Waals surface area contributed by atoms with Gasteiger partial charge < -0.3 is 19.7 Å². The van der Waals surface area contributed by atoms with E-state index in [1.165, 1.54) is 0 Å². The van der Waals surface area contributed by atoms with Crippen LogP contribution in [0.2, 0.25) is 0 Å². The standard InChI is InChI=1S/C26H31NO5/c1-31-23-14-11-21(12-15-23)9-5-2-3-8-20-32-25-17-13-22(10-6-4-7-19-28)27-24(25)16-18-26(29)30/h5,9,11-15,17,28H,2-4,7-8,16,18-20H2,1H3,(H,29,30). The highest BCUT2D eigenvalue weighted by molar-refractivity contribution is 5.67. The quantitative estimate of drug-likeness (QED) is 0.354. The van der Waals surface area contributed by atoms with E-state index in [1.54, 1.807) is 13.2 Å². The van der Waals surface area contributed by atoms with Gasteiger partial charge in [-0.1, -0.05) is 30.2 Å². The number of benzene rings is 1. The highest BCUT2D eigenvalue weighted by atomic mass is 16.5. The van der Waals surface area contributed by atoms with Crippen LogP contribution in [0, 0.1) is 11.8 Å². The van der Waals surface area contributed by atoms with Crippen LogP contribution in [-0.4, -0.2) is 41.5 Å². The molecule has 0 aliphatic heterocycles. The summed E-state index contributed by atoms with van der Waals surface area (Å²) >= 11 is 0. The fourth-order valence-corrected chi connectivity index (χ4v) is 2.90. The number of aliphatic hydroxyl groups excluding tert-OH is 1. The third kappa shape index (κ3) is 9.67. The smallest absolute Gasteiger partial charge is 0.303 e. The van der Waals surface area contributed by atoms with E-state index in [-0.39, 0.29) is 13.0 Å². The normalized spacial score (nSPS) is 10.6. The molecule has 0 saturated carbocycles. The van der Waals surface area contributed by atoms with Crippen LogP contribution < -0.4 is 9.47 Å². The van der Waals surface area contributed by atoms with Crippen molar-refractivity contribution in [2.45, 2.75) is 44.9 Å². The van der Waals surface area contributed by atoms with Crippen LogP contribution in [0.1, 0.15) is 55.5 Å². The van der Waals surface area contributed by atoms with Gasteiger partial charge >= 0.3 is 5.97 Å². The molecule has 1 aromatic heterocycles. The molecule has 0 atom stereocenters. The Balaban J connectivity index is 1.82. The van der Waals surface area contributed by atoms with E-state index in [9.17, 15) is 4.79 Å². The minimum Gasteiger partial charge on any atom is -0.497 e. The molecule has 0 fully saturated rings. The number of aryl methyl sites for hydroxylation is 1. The van der Waals surface area contributed by atoms with Gasteiger partial charge in [-0.2, -0.15) is 0 Å². The molecule has 1 heterocycles. The van der Waals surface area contributed by atoms with Crippen molar-refractivity contribution in [2.75, 3.05) is 20.3 Å². The largest absolute Gasteiger partial charge is 0.497 e. The Morgan fingerprint density at radius 3 is 2.66 bits per heavy atom. The Bertz CT molecular complexity index is 925. The maximum absolute atomic E-state index is 11.0. The number of hydrogen-bond donors (Lipinski definition) is 2. The molecule has 1 aromatic carbocycles. The number of carboxylic acid groups (broad SMARTS) is 1. The number of allylic oxidation sites excluding steroid dienone is 1. The Morgan fingerprint density at radius 1 is 1.12 bits per heavy atom. The Labute approximate surface area is 189 Å². The molecular formula is C26H31NO5. The number of ether oxygens (including phenoxy) is 2. The van der Waals surface area contributed by atoms with E-state index in [0.717, 1.165) is 30.6 Å². The van der Waals surface area contributed by atoms with Crippen molar-refractivity contribution >= 4 is 12.0 Å². The predicted octanol–water partition coefficient (Wildman–Crippen LogP) is 4.49. The molecule has 170 valence electrons. The summed E-state index contributed by atoms with van der Waals surface area (Å²) in [5.41, 5.74) is 2.33. The van der Waals surface area contributed by atoms with E-state index in [0.29, 0.717) is 43.0 Å².